The Balaban J connectivity index is 1.37. The first-order valence-corrected chi connectivity index (χ1v) is 10.5. The molecule has 0 atom stereocenters. The van der Waals surface area contributed by atoms with Crippen molar-refractivity contribution < 1.29 is 18.1 Å². The summed E-state index contributed by atoms with van der Waals surface area (Å²) in [5.74, 6) is -2.13. The zero-order valence-corrected chi connectivity index (χ0v) is 17.7. The molecule has 8 heteroatoms. The van der Waals surface area contributed by atoms with Crippen LogP contribution < -0.4 is 5.32 Å². The predicted molar refractivity (Wildman–Crippen MR) is 117 cm³/mol. The summed E-state index contributed by atoms with van der Waals surface area (Å²) in [6.45, 7) is 3.49. The van der Waals surface area contributed by atoms with Gasteiger partial charge in [0.05, 0.1) is 17.3 Å². The molecule has 0 fully saturated rings. The van der Waals surface area contributed by atoms with Crippen LogP contribution in [0.2, 0.25) is 0 Å². The molecule has 0 spiro atoms. The Morgan fingerprint density at radius 1 is 1.31 bits per heavy atom. The van der Waals surface area contributed by atoms with Crippen molar-refractivity contribution in [2.24, 2.45) is 0 Å². The number of hydrogen-bond acceptors (Lipinski definition) is 4. The van der Waals surface area contributed by atoms with E-state index in [2.05, 4.69) is 45.8 Å². The summed E-state index contributed by atoms with van der Waals surface area (Å²) in [6.07, 6.45) is 12.2. The van der Waals surface area contributed by atoms with E-state index in [0.717, 1.165) is 31.9 Å². The fourth-order valence-electron chi connectivity index (χ4n) is 3.60. The number of halogens is 2. The van der Waals surface area contributed by atoms with Gasteiger partial charge in [-0.1, -0.05) is 29.8 Å². The summed E-state index contributed by atoms with van der Waals surface area (Å²) in [4.78, 5) is 17.6. The van der Waals surface area contributed by atoms with Crippen LogP contribution in [0.1, 0.15) is 36.7 Å². The van der Waals surface area contributed by atoms with Crippen LogP contribution in [0.15, 0.2) is 65.2 Å². The van der Waals surface area contributed by atoms with E-state index in [0.29, 0.717) is 23.4 Å². The van der Waals surface area contributed by atoms with Crippen molar-refractivity contribution in [1.82, 2.24) is 20.4 Å². The quantitative estimate of drug-likeness (QED) is 0.471. The third-order valence-corrected chi connectivity index (χ3v) is 5.36. The Kier molecular flexibility index (Phi) is 6.49. The Labute approximate surface area is 184 Å². The molecule has 1 aliphatic rings. The van der Waals surface area contributed by atoms with E-state index >= 15 is 0 Å². The lowest BCUT2D eigenvalue weighted by Crippen LogP contribution is -2.27. The molecule has 0 radical (unpaired) electrons. The number of allylic oxidation sites excluding steroid dienone is 2. The number of aromatic nitrogens is 2. The Hall–Kier alpha value is -3.68. The van der Waals surface area contributed by atoms with Gasteiger partial charge in [-0.05, 0) is 43.7 Å². The molecule has 3 heterocycles. The van der Waals surface area contributed by atoms with Gasteiger partial charge in [0.1, 0.15) is 5.69 Å². The van der Waals surface area contributed by atoms with E-state index < -0.39 is 11.6 Å². The number of aromatic amines is 1. The predicted octanol–water partition coefficient (Wildman–Crippen LogP) is 5.25. The molecule has 1 aliphatic heterocycles. The highest BCUT2D eigenvalue weighted by Crippen LogP contribution is 2.34. The molecule has 166 valence electrons. The van der Waals surface area contributed by atoms with Gasteiger partial charge in [-0.25, -0.2) is 8.78 Å². The van der Waals surface area contributed by atoms with Crippen molar-refractivity contribution in [1.29, 1.82) is 0 Å². The summed E-state index contributed by atoms with van der Waals surface area (Å²) < 4.78 is 33.0. The SMILES string of the molecule is CCC1=CN(CCCNC(=O)c2cc(-c3cnoc3-c3cccc(F)c3F)c[nH]2)C=CC1. The lowest BCUT2D eigenvalue weighted by atomic mass is 10.0. The molecule has 0 saturated heterocycles. The number of rotatable bonds is 8. The van der Waals surface area contributed by atoms with Crippen molar-refractivity contribution in [2.75, 3.05) is 13.1 Å². The number of benzene rings is 1. The molecule has 4 rings (SSSR count). The first-order chi connectivity index (χ1) is 15.6. The van der Waals surface area contributed by atoms with Gasteiger partial charge in [0, 0.05) is 31.0 Å². The van der Waals surface area contributed by atoms with E-state index in [9.17, 15) is 13.6 Å². The maximum absolute atomic E-state index is 14.2. The second-order valence-electron chi connectivity index (χ2n) is 7.55. The normalized spacial score (nSPS) is 13.3. The standard InChI is InChI=1S/C24H24F2N4O2/c1-2-16-6-4-10-30(15-16)11-5-9-27-24(31)21-12-17(13-28-21)19-14-29-32-23(19)18-7-3-8-20(25)22(18)26/h3-4,7-8,10,12-15,28H,2,5-6,9,11H2,1H3,(H,27,31). The Morgan fingerprint density at radius 3 is 3.03 bits per heavy atom. The zero-order chi connectivity index (χ0) is 22.5. The van der Waals surface area contributed by atoms with Gasteiger partial charge < -0.3 is 19.7 Å². The van der Waals surface area contributed by atoms with Gasteiger partial charge in [0.15, 0.2) is 17.4 Å². The minimum absolute atomic E-state index is 0.0308. The number of H-pyrrole nitrogens is 1. The van der Waals surface area contributed by atoms with Gasteiger partial charge in [-0.3, -0.25) is 4.79 Å². The van der Waals surface area contributed by atoms with Crippen LogP contribution in [0.25, 0.3) is 22.5 Å². The largest absolute Gasteiger partial charge is 0.357 e. The van der Waals surface area contributed by atoms with Crippen molar-refractivity contribution in [2.45, 2.75) is 26.2 Å². The minimum Gasteiger partial charge on any atom is -0.357 e. The number of nitrogens with one attached hydrogen (secondary N) is 2. The molecule has 2 aromatic heterocycles. The van der Waals surface area contributed by atoms with Crippen molar-refractivity contribution in [3.8, 4) is 22.5 Å². The van der Waals surface area contributed by atoms with Crippen molar-refractivity contribution in [3.63, 3.8) is 0 Å². The highest BCUT2D eigenvalue weighted by molar-refractivity contribution is 5.94. The van der Waals surface area contributed by atoms with Gasteiger partial charge in [0.2, 0.25) is 0 Å². The number of carbonyl (C=O) groups is 1. The van der Waals surface area contributed by atoms with Crippen LogP contribution >= 0.6 is 0 Å². The third-order valence-electron chi connectivity index (χ3n) is 5.36. The molecule has 1 amide bonds. The van der Waals surface area contributed by atoms with Crippen LogP contribution in [0.3, 0.4) is 0 Å². The number of nitrogens with zero attached hydrogens (tertiary/aromatic N) is 2. The van der Waals surface area contributed by atoms with Crippen LogP contribution in [0.5, 0.6) is 0 Å². The Morgan fingerprint density at radius 2 is 2.19 bits per heavy atom. The fraction of sp³-hybridized carbons (Fsp3) is 0.250. The average Bonchev–Trinajstić information content (AvgIpc) is 3.48. The van der Waals surface area contributed by atoms with E-state index in [1.54, 1.807) is 12.3 Å². The van der Waals surface area contributed by atoms with Crippen LogP contribution in [-0.4, -0.2) is 34.0 Å². The highest BCUT2D eigenvalue weighted by Gasteiger charge is 2.20. The summed E-state index contributed by atoms with van der Waals surface area (Å²) in [6, 6.07) is 5.48. The summed E-state index contributed by atoms with van der Waals surface area (Å²) >= 11 is 0. The molecule has 3 aromatic rings. The highest BCUT2D eigenvalue weighted by atomic mass is 19.2. The van der Waals surface area contributed by atoms with E-state index in [1.165, 1.54) is 23.9 Å². The number of carbonyl (C=O) groups excluding carboxylic acids is 1. The molecule has 6 nitrogen and oxygen atoms in total. The second kappa shape index (κ2) is 9.64. The van der Waals surface area contributed by atoms with E-state index in [4.69, 9.17) is 4.52 Å². The van der Waals surface area contributed by atoms with Crippen molar-refractivity contribution >= 4 is 5.91 Å². The first kappa shape index (κ1) is 21.5. The molecule has 2 N–H and O–H groups in total. The summed E-state index contributed by atoms with van der Waals surface area (Å²) in [7, 11) is 0. The maximum atomic E-state index is 14.2. The van der Waals surface area contributed by atoms with Crippen LogP contribution in [-0.2, 0) is 0 Å². The van der Waals surface area contributed by atoms with E-state index in [-0.39, 0.29) is 17.2 Å². The monoisotopic (exact) mass is 438 g/mol. The fourth-order valence-corrected chi connectivity index (χ4v) is 3.60. The molecular formula is C24H24F2N4O2. The van der Waals surface area contributed by atoms with Gasteiger partial charge >= 0.3 is 0 Å². The zero-order valence-electron chi connectivity index (χ0n) is 17.7. The molecule has 32 heavy (non-hydrogen) atoms. The summed E-state index contributed by atoms with van der Waals surface area (Å²) in [5, 5.41) is 6.62. The topological polar surface area (TPSA) is 74.2 Å². The molecule has 0 saturated carbocycles. The third kappa shape index (κ3) is 4.64. The van der Waals surface area contributed by atoms with E-state index in [1.807, 2.05) is 0 Å². The number of amides is 1. The van der Waals surface area contributed by atoms with Gasteiger partial charge in [0.25, 0.3) is 5.91 Å². The summed E-state index contributed by atoms with van der Waals surface area (Å²) in [5.41, 5.74) is 2.77. The lowest BCUT2D eigenvalue weighted by molar-refractivity contribution is 0.0948. The molecule has 0 aliphatic carbocycles. The minimum atomic E-state index is -1.01. The second-order valence-corrected chi connectivity index (χ2v) is 7.55. The molecule has 1 aromatic carbocycles. The molecule has 0 bridgehead atoms. The van der Waals surface area contributed by atoms with Gasteiger partial charge in [-0.15, -0.1) is 0 Å². The smallest absolute Gasteiger partial charge is 0.267 e. The number of hydrogen-bond donors (Lipinski definition) is 2. The molecular weight excluding hydrogens is 414 g/mol. The van der Waals surface area contributed by atoms with Gasteiger partial charge in [-0.2, -0.15) is 0 Å². The Bertz CT molecular complexity index is 1160. The molecule has 0 unspecified atom stereocenters. The maximum Gasteiger partial charge on any atom is 0.267 e. The first-order valence-electron chi connectivity index (χ1n) is 10.5. The lowest BCUT2D eigenvalue weighted by Gasteiger charge is -2.21. The van der Waals surface area contributed by atoms with Crippen LogP contribution in [0, 0.1) is 11.6 Å². The average molecular weight is 438 g/mol. The van der Waals surface area contributed by atoms with Crippen molar-refractivity contribution in [3.05, 3.63) is 78.0 Å². The van der Waals surface area contributed by atoms with Crippen LogP contribution in [0.4, 0.5) is 8.78 Å².